The number of rotatable bonds is 8. The lowest BCUT2D eigenvalue weighted by Gasteiger charge is -2.49. The maximum Gasteiger partial charge on any atom is 0.352 e. The van der Waals surface area contributed by atoms with Crippen LogP contribution >= 0.6 is 23.5 Å². The van der Waals surface area contributed by atoms with Gasteiger partial charge in [0.15, 0.2) is 15.1 Å². The van der Waals surface area contributed by atoms with E-state index in [0.717, 1.165) is 11.2 Å². The Bertz CT molecular complexity index is 1240. The molecule has 3 atom stereocenters. The number of aryl methyl sites for hydroxylation is 1. The standard InChI is InChI=1S/C17H18N6O7S3/c1-22-17(19-20-21-22)32-7-8-6-31-15-10(14(25)23(15)11(8)16(26)27)18-13(24)12(33(2,28)29)9-4-3-5-30-9/h3-5,10,12,15H,6-7H2,1-2H3,(H,18,24)(H,26,27)/t10?,12?,15-/m1/s1. The van der Waals surface area contributed by atoms with E-state index >= 15 is 0 Å². The Morgan fingerprint density at radius 3 is 2.79 bits per heavy atom. The number of fused-ring (bicyclic) bond motifs is 1. The second-order valence-electron chi connectivity index (χ2n) is 7.25. The van der Waals surface area contributed by atoms with Crippen LogP contribution in [-0.2, 0) is 31.3 Å². The molecular weight excluding hydrogens is 496 g/mol. The van der Waals surface area contributed by atoms with Crippen LogP contribution in [0.3, 0.4) is 0 Å². The molecule has 13 nitrogen and oxygen atoms in total. The van der Waals surface area contributed by atoms with Crippen molar-refractivity contribution >= 4 is 51.1 Å². The van der Waals surface area contributed by atoms with Crippen LogP contribution in [0.2, 0.25) is 0 Å². The van der Waals surface area contributed by atoms with Gasteiger partial charge in [-0.05, 0) is 28.1 Å². The summed E-state index contributed by atoms with van der Waals surface area (Å²) >= 11 is 2.51. The molecule has 2 unspecified atom stereocenters. The number of sulfone groups is 1. The zero-order chi connectivity index (χ0) is 23.9. The normalized spacial score (nSPS) is 21.4. The molecule has 0 aromatic carbocycles. The summed E-state index contributed by atoms with van der Waals surface area (Å²) in [6.07, 6.45) is 2.14. The van der Waals surface area contributed by atoms with Crippen molar-refractivity contribution in [2.45, 2.75) is 21.8 Å². The number of hydrogen-bond donors (Lipinski definition) is 2. The number of carbonyl (C=O) groups excluding carboxylic acids is 2. The fraction of sp³-hybridized carbons (Fsp3) is 0.412. The van der Waals surface area contributed by atoms with E-state index in [1.807, 2.05) is 0 Å². The summed E-state index contributed by atoms with van der Waals surface area (Å²) in [7, 11) is -2.24. The maximum atomic E-state index is 12.8. The summed E-state index contributed by atoms with van der Waals surface area (Å²) < 4.78 is 30.9. The molecule has 16 heteroatoms. The van der Waals surface area contributed by atoms with Gasteiger partial charge >= 0.3 is 5.97 Å². The van der Waals surface area contributed by atoms with Crippen molar-refractivity contribution in [2.75, 3.05) is 17.8 Å². The lowest BCUT2D eigenvalue weighted by molar-refractivity contribution is -0.150. The van der Waals surface area contributed by atoms with Crippen LogP contribution in [0.1, 0.15) is 11.0 Å². The van der Waals surface area contributed by atoms with Gasteiger partial charge in [-0.3, -0.25) is 14.5 Å². The first kappa shape index (κ1) is 23.3. The van der Waals surface area contributed by atoms with Crippen molar-refractivity contribution < 1.29 is 32.3 Å². The number of β-lactam (4-membered cyclic amide) rings is 1. The van der Waals surface area contributed by atoms with Gasteiger partial charge in [-0.1, -0.05) is 11.8 Å². The molecule has 4 heterocycles. The minimum Gasteiger partial charge on any atom is -0.477 e. The molecule has 2 aliphatic rings. The highest BCUT2D eigenvalue weighted by Gasteiger charge is 2.55. The summed E-state index contributed by atoms with van der Waals surface area (Å²) in [4.78, 5) is 38.7. The van der Waals surface area contributed by atoms with E-state index in [1.54, 1.807) is 7.05 Å². The number of carboxylic acids is 1. The zero-order valence-corrected chi connectivity index (χ0v) is 19.7. The van der Waals surface area contributed by atoms with Crippen LogP contribution in [0.15, 0.2) is 39.2 Å². The van der Waals surface area contributed by atoms with Gasteiger partial charge in [0.1, 0.15) is 22.9 Å². The molecule has 0 aliphatic carbocycles. The molecule has 0 spiro atoms. The molecule has 176 valence electrons. The van der Waals surface area contributed by atoms with Gasteiger partial charge in [0, 0.05) is 24.8 Å². The lowest BCUT2D eigenvalue weighted by atomic mass is 10.0. The summed E-state index contributed by atoms with van der Waals surface area (Å²) in [6.45, 7) is 0. The van der Waals surface area contributed by atoms with E-state index in [4.69, 9.17) is 4.42 Å². The molecule has 0 radical (unpaired) electrons. The fourth-order valence-corrected chi connectivity index (χ4v) is 6.84. The molecule has 1 saturated heterocycles. The minimum atomic E-state index is -3.89. The van der Waals surface area contributed by atoms with Crippen LogP contribution in [-0.4, -0.2) is 85.6 Å². The van der Waals surface area contributed by atoms with E-state index in [9.17, 15) is 27.9 Å². The van der Waals surface area contributed by atoms with Crippen molar-refractivity contribution in [3.05, 3.63) is 35.4 Å². The number of nitrogens with one attached hydrogen (secondary N) is 1. The van der Waals surface area contributed by atoms with Gasteiger partial charge in [0.05, 0.1) is 6.26 Å². The number of nitrogens with zero attached hydrogens (tertiary/aromatic N) is 5. The van der Waals surface area contributed by atoms with Gasteiger partial charge < -0.3 is 14.8 Å². The average Bonchev–Trinajstić information content (AvgIpc) is 3.40. The van der Waals surface area contributed by atoms with E-state index in [-0.39, 0.29) is 17.2 Å². The Kier molecular flexibility index (Phi) is 6.24. The minimum absolute atomic E-state index is 0.0707. The summed E-state index contributed by atoms with van der Waals surface area (Å²) in [5.41, 5.74) is 0.363. The predicted octanol–water partition coefficient (Wildman–Crippen LogP) is -0.580. The molecule has 4 rings (SSSR count). The number of tetrazole rings is 1. The number of carbonyl (C=O) groups is 3. The van der Waals surface area contributed by atoms with Crippen molar-refractivity contribution in [2.24, 2.45) is 7.05 Å². The first-order chi connectivity index (χ1) is 15.6. The molecule has 2 N–H and O–H groups in total. The largest absolute Gasteiger partial charge is 0.477 e. The molecule has 33 heavy (non-hydrogen) atoms. The van der Waals surface area contributed by atoms with E-state index < -0.39 is 44.3 Å². The van der Waals surface area contributed by atoms with Crippen LogP contribution < -0.4 is 5.32 Å². The fourth-order valence-electron chi connectivity index (χ4n) is 3.49. The number of hydrogen-bond acceptors (Lipinski definition) is 11. The molecule has 0 saturated carbocycles. The average molecular weight is 515 g/mol. The van der Waals surface area contributed by atoms with E-state index in [0.29, 0.717) is 16.5 Å². The van der Waals surface area contributed by atoms with E-state index in [1.165, 1.54) is 46.6 Å². The van der Waals surface area contributed by atoms with E-state index in [2.05, 4.69) is 20.8 Å². The summed E-state index contributed by atoms with van der Waals surface area (Å²) in [5, 5.41) is 21.5. The highest BCUT2D eigenvalue weighted by Crippen LogP contribution is 2.41. The quantitative estimate of drug-likeness (QED) is 0.339. The molecule has 2 aromatic heterocycles. The van der Waals surface area contributed by atoms with Crippen LogP contribution in [0, 0.1) is 0 Å². The first-order valence-corrected chi connectivity index (χ1v) is 13.4. The monoisotopic (exact) mass is 514 g/mol. The van der Waals surface area contributed by atoms with Gasteiger partial charge in [-0.25, -0.2) is 17.9 Å². The maximum absolute atomic E-state index is 12.8. The Balaban J connectivity index is 1.51. The topological polar surface area (TPSA) is 178 Å². The lowest BCUT2D eigenvalue weighted by Crippen LogP contribution is -2.71. The third kappa shape index (κ3) is 4.37. The molecular formula is C17H18N6O7S3. The molecule has 2 aliphatic heterocycles. The number of aliphatic carboxylic acids is 1. The number of aromatic nitrogens is 4. The number of amides is 2. The van der Waals surface area contributed by atoms with Crippen molar-refractivity contribution in [1.29, 1.82) is 0 Å². The zero-order valence-electron chi connectivity index (χ0n) is 17.2. The van der Waals surface area contributed by atoms with Crippen molar-refractivity contribution in [3.63, 3.8) is 0 Å². The molecule has 1 fully saturated rings. The highest BCUT2D eigenvalue weighted by molar-refractivity contribution is 8.01. The number of furan rings is 1. The van der Waals surface area contributed by atoms with Gasteiger partial charge in [-0.15, -0.1) is 16.9 Å². The van der Waals surface area contributed by atoms with Gasteiger partial charge in [0.2, 0.25) is 11.1 Å². The van der Waals surface area contributed by atoms with Gasteiger partial charge in [-0.2, -0.15) is 0 Å². The smallest absolute Gasteiger partial charge is 0.352 e. The van der Waals surface area contributed by atoms with Gasteiger partial charge in [0.25, 0.3) is 5.91 Å². The Hall–Kier alpha value is -2.85. The van der Waals surface area contributed by atoms with Crippen LogP contribution in [0.5, 0.6) is 0 Å². The predicted molar refractivity (Wildman–Crippen MR) is 115 cm³/mol. The summed E-state index contributed by atoms with van der Waals surface area (Å²) in [5.74, 6) is -2.33. The Morgan fingerprint density at radius 2 is 2.21 bits per heavy atom. The molecule has 2 amide bonds. The summed E-state index contributed by atoms with van der Waals surface area (Å²) in [6, 6.07) is 1.75. The Labute approximate surface area is 195 Å². The third-order valence-electron chi connectivity index (χ3n) is 4.97. The Morgan fingerprint density at radius 1 is 1.45 bits per heavy atom. The van der Waals surface area contributed by atoms with Crippen molar-refractivity contribution in [1.82, 2.24) is 30.4 Å². The second kappa shape index (κ2) is 8.83. The third-order valence-corrected chi connectivity index (χ3v) is 8.71. The molecule has 2 aromatic rings. The highest BCUT2D eigenvalue weighted by atomic mass is 32.2. The van der Waals surface area contributed by atoms with Crippen LogP contribution in [0.25, 0.3) is 0 Å². The second-order valence-corrected chi connectivity index (χ2v) is 11.4. The first-order valence-electron chi connectivity index (χ1n) is 9.37. The number of carboxylic acid groups (broad SMARTS) is 1. The van der Waals surface area contributed by atoms with Crippen LogP contribution in [0.4, 0.5) is 0 Å². The SMILES string of the molecule is Cn1nnnc1SCC1=C(C(=O)O)N2C(=O)C(NC(=O)C(c3ccco3)S(C)(=O)=O)[C@H]2SC1. The number of thioether (sulfide) groups is 2. The molecule has 0 bridgehead atoms. The van der Waals surface area contributed by atoms with Crippen molar-refractivity contribution in [3.8, 4) is 0 Å².